The van der Waals surface area contributed by atoms with Gasteiger partial charge in [0.2, 0.25) is 0 Å². The van der Waals surface area contributed by atoms with E-state index < -0.39 is 0 Å². The summed E-state index contributed by atoms with van der Waals surface area (Å²) in [6, 6.07) is 0. The van der Waals surface area contributed by atoms with Gasteiger partial charge in [-0.15, -0.1) is 0 Å². The molecule has 1 fully saturated rings. The van der Waals surface area contributed by atoms with Crippen molar-refractivity contribution in [2.45, 2.75) is 52.1 Å². The minimum absolute atomic E-state index is 0.363. The second kappa shape index (κ2) is 1.97. The third-order valence-electron chi connectivity index (χ3n) is 2.49. The van der Waals surface area contributed by atoms with Crippen LogP contribution in [0.4, 0.5) is 0 Å². The summed E-state index contributed by atoms with van der Waals surface area (Å²) in [6.45, 7) is 12.8. The fourth-order valence-corrected chi connectivity index (χ4v) is 1.91. The van der Waals surface area contributed by atoms with Gasteiger partial charge in [0.15, 0.2) is 0 Å². The van der Waals surface area contributed by atoms with Crippen molar-refractivity contribution in [2.75, 3.05) is 6.54 Å². The number of hydrogen-bond acceptors (Lipinski definition) is 1. The Morgan fingerprint density at radius 3 is 1.70 bits per heavy atom. The van der Waals surface area contributed by atoms with E-state index in [2.05, 4.69) is 39.5 Å². The van der Waals surface area contributed by atoms with Crippen molar-refractivity contribution in [3.8, 4) is 0 Å². The van der Waals surface area contributed by atoms with Crippen molar-refractivity contribution < 1.29 is 0 Å². The van der Waals surface area contributed by atoms with Gasteiger partial charge in [0, 0.05) is 17.6 Å². The molecule has 0 aliphatic carbocycles. The Balaban J connectivity index is 2.60. The molecule has 0 N–H and O–H groups in total. The van der Waals surface area contributed by atoms with Crippen LogP contribution in [0.5, 0.6) is 0 Å². The predicted molar refractivity (Wildman–Crippen MR) is 45.2 cm³/mol. The predicted octanol–water partition coefficient (Wildman–Crippen LogP) is 2.27. The summed E-state index contributed by atoms with van der Waals surface area (Å²) < 4.78 is 0. The SMILES string of the molecule is CC(C)(C)N1CCC1(C)C. The van der Waals surface area contributed by atoms with Crippen molar-refractivity contribution in [3.63, 3.8) is 0 Å². The normalized spacial score (nSPS) is 26.1. The summed E-state index contributed by atoms with van der Waals surface area (Å²) >= 11 is 0. The van der Waals surface area contributed by atoms with E-state index in [1.54, 1.807) is 0 Å². The second-order valence-electron chi connectivity index (χ2n) is 4.88. The molecule has 1 rings (SSSR count). The Labute approximate surface area is 64.4 Å². The first-order valence-electron chi connectivity index (χ1n) is 4.12. The minimum Gasteiger partial charge on any atom is -0.293 e. The maximum atomic E-state index is 2.56. The molecule has 0 saturated carbocycles. The maximum absolute atomic E-state index is 2.56. The lowest BCUT2D eigenvalue weighted by Gasteiger charge is -2.55. The summed E-state index contributed by atoms with van der Waals surface area (Å²) in [5, 5.41) is 0. The van der Waals surface area contributed by atoms with Gasteiger partial charge in [-0.25, -0.2) is 0 Å². The van der Waals surface area contributed by atoms with Gasteiger partial charge in [-0.3, -0.25) is 4.90 Å². The van der Waals surface area contributed by atoms with Crippen LogP contribution < -0.4 is 0 Å². The maximum Gasteiger partial charge on any atom is 0.0170 e. The Kier molecular flexibility index (Phi) is 1.59. The monoisotopic (exact) mass is 141 g/mol. The molecule has 1 aliphatic rings. The highest BCUT2D eigenvalue weighted by Gasteiger charge is 2.41. The second-order valence-corrected chi connectivity index (χ2v) is 4.88. The first kappa shape index (κ1) is 8.06. The lowest BCUT2D eigenvalue weighted by molar-refractivity contribution is -0.0569. The molecular formula is C9H19N. The first-order chi connectivity index (χ1) is 4.34. The molecule has 1 heterocycles. The van der Waals surface area contributed by atoms with Gasteiger partial charge in [-0.05, 0) is 41.0 Å². The molecule has 60 valence electrons. The third-order valence-corrected chi connectivity index (χ3v) is 2.49. The molecular weight excluding hydrogens is 122 g/mol. The molecule has 0 amide bonds. The molecule has 1 saturated heterocycles. The van der Waals surface area contributed by atoms with Crippen molar-refractivity contribution in [1.29, 1.82) is 0 Å². The summed E-state index contributed by atoms with van der Waals surface area (Å²) in [5.74, 6) is 0. The molecule has 0 bridgehead atoms. The van der Waals surface area contributed by atoms with Crippen LogP contribution in [-0.4, -0.2) is 22.5 Å². The van der Waals surface area contributed by atoms with Gasteiger partial charge in [0.05, 0.1) is 0 Å². The number of nitrogens with zero attached hydrogens (tertiary/aromatic N) is 1. The molecule has 0 aromatic carbocycles. The summed E-state index contributed by atoms with van der Waals surface area (Å²) in [7, 11) is 0. The van der Waals surface area contributed by atoms with Crippen LogP contribution in [0.25, 0.3) is 0 Å². The van der Waals surface area contributed by atoms with E-state index in [1.165, 1.54) is 13.0 Å². The minimum atomic E-state index is 0.363. The smallest absolute Gasteiger partial charge is 0.0170 e. The lowest BCUT2D eigenvalue weighted by atomic mass is 9.83. The molecule has 1 aliphatic heterocycles. The fraction of sp³-hybridized carbons (Fsp3) is 1.00. The van der Waals surface area contributed by atoms with Crippen LogP contribution in [0.1, 0.15) is 41.0 Å². The Morgan fingerprint density at radius 1 is 1.20 bits per heavy atom. The van der Waals surface area contributed by atoms with Crippen LogP contribution >= 0.6 is 0 Å². The average molecular weight is 141 g/mol. The van der Waals surface area contributed by atoms with Crippen LogP contribution in [0.3, 0.4) is 0 Å². The van der Waals surface area contributed by atoms with Crippen LogP contribution in [-0.2, 0) is 0 Å². The van der Waals surface area contributed by atoms with E-state index >= 15 is 0 Å². The zero-order chi connectivity index (χ0) is 7.99. The van der Waals surface area contributed by atoms with Gasteiger partial charge in [-0.2, -0.15) is 0 Å². The zero-order valence-electron chi connectivity index (χ0n) is 7.86. The molecule has 0 radical (unpaired) electrons. The van der Waals surface area contributed by atoms with Gasteiger partial charge in [-0.1, -0.05) is 0 Å². The quantitative estimate of drug-likeness (QED) is 0.500. The molecule has 0 atom stereocenters. The van der Waals surface area contributed by atoms with E-state index in [-0.39, 0.29) is 0 Å². The number of rotatable bonds is 0. The zero-order valence-corrected chi connectivity index (χ0v) is 7.86. The van der Waals surface area contributed by atoms with E-state index in [9.17, 15) is 0 Å². The third kappa shape index (κ3) is 1.20. The van der Waals surface area contributed by atoms with Crippen LogP contribution in [0.2, 0.25) is 0 Å². The molecule has 1 heteroatoms. The standard InChI is InChI=1S/C9H19N/c1-8(2,3)10-7-6-9(10,4)5/h6-7H2,1-5H3. The summed E-state index contributed by atoms with van der Waals surface area (Å²) in [5.41, 5.74) is 0.819. The highest BCUT2D eigenvalue weighted by molar-refractivity contribution is 4.98. The molecule has 0 unspecified atom stereocenters. The van der Waals surface area contributed by atoms with E-state index in [0.29, 0.717) is 11.1 Å². The van der Waals surface area contributed by atoms with Gasteiger partial charge < -0.3 is 0 Å². The molecule has 1 nitrogen and oxygen atoms in total. The van der Waals surface area contributed by atoms with Gasteiger partial charge >= 0.3 is 0 Å². The van der Waals surface area contributed by atoms with Gasteiger partial charge in [0.25, 0.3) is 0 Å². The van der Waals surface area contributed by atoms with E-state index in [4.69, 9.17) is 0 Å². The Morgan fingerprint density at radius 2 is 1.70 bits per heavy atom. The van der Waals surface area contributed by atoms with E-state index in [0.717, 1.165) is 0 Å². The van der Waals surface area contributed by atoms with Gasteiger partial charge in [0.1, 0.15) is 0 Å². The molecule has 0 spiro atoms. The molecule has 0 aromatic rings. The lowest BCUT2D eigenvalue weighted by Crippen LogP contribution is -2.63. The largest absolute Gasteiger partial charge is 0.293 e. The average Bonchev–Trinajstić information content (AvgIpc) is 1.58. The topological polar surface area (TPSA) is 3.24 Å². The highest BCUT2D eigenvalue weighted by Crippen LogP contribution is 2.35. The van der Waals surface area contributed by atoms with Crippen molar-refractivity contribution in [1.82, 2.24) is 4.90 Å². The van der Waals surface area contributed by atoms with Crippen molar-refractivity contribution >= 4 is 0 Å². The fourth-order valence-electron chi connectivity index (χ4n) is 1.91. The van der Waals surface area contributed by atoms with E-state index in [1.807, 2.05) is 0 Å². The molecule has 10 heavy (non-hydrogen) atoms. The Bertz CT molecular complexity index is 120. The van der Waals surface area contributed by atoms with Crippen molar-refractivity contribution in [2.24, 2.45) is 0 Å². The van der Waals surface area contributed by atoms with Crippen LogP contribution in [0, 0.1) is 0 Å². The number of hydrogen-bond donors (Lipinski definition) is 0. The molecule has 0 aromatic heterocycles. The Hall–Kier alpha value is -0.0400. The van der Waals surface area contributed by atoms with Crippen molar-refractivity contribution in [3.05, 3.63) is 0 Å². The first-order valence-corrected chi connectivity index (χ1v) is 4.12. The summed E-state index contributed by atoms with van der Waals surface area (Å²) in [6.07, 6.45) is 1.35. The number of likely N-dealkylation sites (tertiary alicyclic amines) is 1. The van der Waals surface area contributed by atoms with Crippen LogP contribution in [0.15, 0.2) is 0 Å². The highest BCUT2D eigenvalue weighted by atomic mass is 15.3. The summed E-state index contributed by atoms with van der Waals surface area (Å²) in [4.78, 5) is 2.56.